The van der Waals surface area contributed by atoms with E-state index in [-0.39, 0.29) is 18.8 Å². The van der Waals surface area contributed by atoms with Gasteiger partial charge in [0, 0.05) is 11.0 Å². The Hall–Kier alpha value is -3.53. The molecular formula is C20H18BrFN4O4. The second-order valence-corrected chi connectivity index (χ2v) is 6.64. The van der Waals surface area contributed by atoms with Crippen molar-refractivity contribution in [2.45, 2.75) is 0 Å². The number of rotatable bonds is 8. The van der Waals surface area contributed by atoms with E-state index in [1.54, 1.807) is 30.3 Å². The second-order valence-electron chi connectivity index (χ2n) is 5.73. The molecule has 0 bridgehead atoms. The number of nitrogens with zero attached hydrogens (tertiary/aromatic N) is 1. The van der Waals surface area contributed by atoms with Crippen molar-refractivity contribution in [3.8, 4) is 5.75 Å². The molecule has 30 heavy (non-hydrogen) atoms. The van der Waals surface area contributed by atoms with Crippen LogP contribution in [0.15, 0.2) is 64.7 Å². The van der Waals surface area contributed by atoms with Crippen LogP contribution in [-0.2, 0) is 14.4 Å². The maximum absolute atomic E-state index is 13.7. The molecule has 2 aromatic carbocycles. The fraction of sp³-hybridized carbons (Fsp3) is 0.100. The van der Waals surface area contributed by atoms with Crippen molar-refractivity contribution in [1.82, 2.24) is 10.7 Å². The summed E-state index contributed by atoms with van der Waals surface area (Å²) in [6, 6.07) is 10.7. The van der Waals surface area contributed by atoms with Gasteiger partial charge < -0.3 is 15.4 Å². The van der Waals surface area contributed by atoms with Gasteiger partial charge in [0.2, 0.25) is 0 Å². The van der Waals surface area contributed by atoms with Gasteiger partial charge in [-0.15, -0.1) is 6.58 Å². The summed E-state index contributed by atoms with van der Waals surface area (Å²) in [5.41, 5.74) is 2.77. The first kappa shape index (κ1) is 22.8. The van der Waals surface area contributed by atoms with E-state index in [1.165, 1.54) is 24.4 Å². The Balaban J connectivity index is 1.80. The first-order valence-electron chi connectivity index (χ1n) is 8.59. The summed E-state index contributed by atoms with van der Waals surface area (Å²) in [5.74, 6) is -2.39. The van der Waals surface area contributed by atoms with E-state index in [9.17, 15) is 18.8 Å². The number of amides is 3. The van der Waals surface area contributed by atoms with Crippen LogP contribution >= 0.6 is 15.9 Å². The molecule has 0 aromatic heterocycles. The van der Waals surface area contributed by atoms with Crippen LogP contribution in [0, 0.1) is 5.82 Å². The molecule has 2 rings (SSSR count). The minimum atomic E-state index is -0.902. The highest BCUT2D eigenvalue weighted by Gasteiger charge is 2.10. The number of anilines is 1. The topological polar surface area (TPSA) is 109 Å². The summed E-state index contributed by atoms with van der Waals surface area (Å²) < 4.78 is 19.6. The Bertz CT molecular complexity index is 964. The van der Waals surface area contributed by atoms with Crippen LogP contribution in [0.2, 0.25) is 0 Å². The third-order valence-electron chi connectivity index (χ3n) is 3.45. The zero-order chi connectivity index (χ0) is 21.9. The highest BCUT2D eigenvalue weighted by molar-refractivity contribution is 9.10. The minimum Gasteiger partial charge on any atom is -0.484 e. The molecule has 2 aromatic rings. The van der Waals surface area contributed by atoms with E-state index in [4.69, 9.17) is 4.74 Å². The number of carbonyl (C=O) groups excluding carboxylic acids is 3. The smallest absolute Gasteiger partial charge is 0.329 e. The quantitative estimate of drug-likeness (QED) is 0.235. The van der Waals surface area contributed by atoms with Crippen LogP contribution < -0.4 is 20.8 Å². The number of nitrogens with one attached hydrogen (secondary N) is 3. The Morgan fingerprint density at radius 2 is 1.87 bits per heavy atom. The van der Waals surface area contributed by atoms with E-state index < -0.39 is 23.5 Å². The van der Waals surface area contributed by atoms with Gasteiger partial charge in [-0.2, -0.15) is 5.10 Å². The summed E-state index contributed by atoms with van der Waals surface area (Å²) in [4.78, 5) is 34.7. The van der Waals surface area contributed by atoms with E-state index in [0.717, 1.165) is 0 Å². The highest BCUT2D eigenvalue weighted by Crippen LogP contribution is 2.19. The summed E-state index contributed by atoms with van der Waals surface area (Å²) in [6.45, 7) is 3.29. The predicted octanol–water partition coefficient (Wildman–Crippen LogP) is 2.36. The molecule has 0 aliphatic carbocycles. The van der Waals surface area contributed by atoms with Gasteiger partial charge >= 0.3 is 11.8 Å². The average Bonchev–Trinajstić information content (AvgIpc) is 2.73. The molecule has 3 N–H and O–H groups in total. The van der Waals surface area contributed by atoms with Gasteiger partial charge in [0.05, 0.1) is 11.9 Å². The molecule has 0 fully saturated rings. The molecule has 0 saturated heterocycles. The van der Waals surface area contributed by atoms with Crippen molar-refractivity contribution in [1.29, 1.82) is 0 Å². The van der Waals surface area contributed by atoms with E-state index in [2.05, 4.69) is 43.7 Å². The molecule has 10 heteroatoms. The Morgan fingerprint density at radius 1 is 1.13 bits per heavy atom. The molecule has 0 aliphatic heterocycles. The zero-order valence-electron chi connectivity index (χ0n) is 15.7. The number of carbonyl (C=O) groups is 3. The minimum absolute atomic E-state index is 0.0542. The van der Waals surface area contributed by atoms with Gasteiger partial charge in [-0.05, 0) is 48.0 Å². The lowest BCUT2D eigenvalue weighted by Crippen LogP contribution is -2.37. The number of halogens is 2. The molecular weight excluding hydrogens is 459 g/mol. The summed E-state index contributed by atoms with van der Waals surface area (Å²) >= 11 is 3.14. The zero-order valence-corrected chi connectivity index (χ0v) is 17.2. The SMILES string of the molecule is C=CCNC(=O)C(=O)N/N=C\c1ccc(OCC(=O)Nc2ccc(Br)cc2F)cc1. The van der Waals surface area contributed by atoms with Crippen molar-refractivity contribution in [2.24, 2.45) is 5.10 Å². The van der Waals surface area contributed by atoms with Gasteiger partial charge in [-0.1, -0.05) is 22.0 Å². The lowest BCUT2D eigenvalue weighted by molar-refractivity contribution is -0.139. The fourth-order valence-corrected chi connectivity index (χ4v) is 2.37. The van der Waals surface area contributed by atoms with Gasteiger partial charge in [0.25, 0.3) is 5.91 Å². The van der Waals surface area contributed by atoms with Crippen molar-refractivity contribution in [3.63, 3.8) is 0 Å². The normalized spacial score (nSPS) is 10.3. The number of benzene rings is 2. The Labute approximate surface area is 180 Å². The first-order valence-corrected chi connectivity index (χ1v) is 9.38. The van der Waals surface area contributed by atoms with Crippen molar-refractivity contribution >= 4 is 45.6 Å². The van der Waals surface area contributed by atoms with Gasteiger partial charge in [-0.3, -0.25) is 14.4 Å². The Kier molecular flexibility index (Phi) is 8.70. The maximum atomic E-state index is 13.7. The lowest BCUT2D eigenvalue weighted by atomic mass is 10.2. The standard InChI is InChI=1S/C20H18BrFN4O4/c1-2-9-23-19(28)20(29)26-24-11-13-3-6-15(7-4-13)30-12-18(27)25-17-8-5-14(21)10-16(17)22/h2-8,10-11H,1,9,12H2,(H,23,28)(H,25,27)(H,26,29)/b24-11-. The predicted molar refractivity (Wildman–Crippen MR) is 114 cm³/mol. The second kappa shape index (κ2) is 11.5. The maximum Gasteiger partial charge on any atom is 0.329 e. The average molecular weight is 477 g/mol. The van der Waals surface area contributed by atoms with E-state index >= 15 is 0 Å². The number of ether oxygens (including phenoxy) is 1. The number of hydrogen-bond donors (Lipinski definition) is 3. The van der Waals surface area contributed by atoms with E-state index in [1.807, 2.05) is 0 Å². The largest absolute Gasteiger partial charge is 0.484 e. The lowest BCUT2D eigenvalue weighted by Gasteiger charge is -2.08. The summed E-state index contributed by atoms with van der Waals surface area (Å²) in [7, 11) is 0. The number of hydrazone groups is 1. The van der Waals surface area contributed by atoms with Crippen LogP contribution in [-0.4, -0.2) is 37.1 Å². The third-order valence-corrected chi connectivity index (χ3v) is 3.94. The monoisotopic (exact) mass is 476 g/mol. The van der Waals surface area contributed by atoms with Gasteiger partial charge in [-0.25, -0.2) is 9.82 Å². The third kappa shape index (κ3) is 7.47. The van der Waals surface area contributed by atoms with E-state index in [0.29, 0.717) is 15.8 Å². The molecule has 8 nitrogen and oxygen atoms in total. The van der Waals surface area contributed by atoms with Crippen LogP contribution in [0.3, 0.4) is 0 Å². The molecule has 0 unspecified atom stereocenters. The fourth-order valence-electron chi connectivity index (χ4n) is 2.04. The summed E-state index contributed by atoms with van der Waals surface area (Å²) in [6.07, 6.45) is 2.78. The molecule has 0 heterocycles. The van der Waals surface area contributed by atoms with Crippen LogP contribution in [0.1, 0.15) is 5.56 Å². The van der Waals surface area contributed by atoms with Crippen LogP contribution in [0.25, 0.3) is 0 Å². The highest BCUT2D eigenvalue weighted by atomic mass is 79.9. The van der Waals surface area contributed by atoms with Crippen LogP contribution in [0.5, 0.6) is 5.75 Å². The molecule has 0 atom stereocenters. The number of hydrogen-bond acceptors (Lipinski definition) is 5. The molecule has 0 spiro atoms. The Morgan fingerprint density at radius 3 is 2.53 bits per heavy atom. The summed E-state index contributed by atoms with van der Waals surface area (Å²) in [5, 5.41) is 8.42. The van der Waals surface area contributed by atoms with Crippen LogP contribution in [0.4, 0.5) is 10.1 Å². The molecule has 3 amide bonds. The first-order chi connectivity index (χ1) is 14.4. The van der Waals surface area contributed by atoms with Crippen molar-refractivity contribution in [2.75, 3.05) is 18.5 Å². The van der Waals surface area contributed by atoms with Crippen molar-refractivity contribution in [3.05, 3.63) is 71.0 Å². The molecule has 0 aliphatic rings. The van der Waals surface area contributed by atoms with Crippen molar-refractivity contribution < 1.29 is 23.5 Å². The van der Waals surface area contributed by atoms with Gasteiger partial charge in [0.15, 0.2) is 6.61 Å². The molecule has 0 radical (unpaired) electrons. The molecule has 156 valence electrons. The molecule has 0 saturated carbocycles. The van der Waals surface area contributed by atoms with Gasteiger partial charge in [0.1, 0.15) is 11.6 Å².